The molecular formula is C14H26N4O2S. The number of amides is 2. The molecular weight excluding hydrogens is 288 g/mol. The van der Waals surface area contributed by atoms with Gasteiger partial charge < -0.3 is 10.4 Å². The van der Waals surface area contributed by atoms with Crippen LogP contribution in [0.4, 0.5) is 9.93 Å². The minimum Gasteiger partial charge on any atom is -0.388 e. The molecule has 0 bridgehead atoms. The zero-order valence-electron chi connectivity index (χ0n) is 13.6. The number of aromatic nitrogens is 2. The van der Waals surface area contributed by atoms with Crippen molar-refractivity contribution in [2.75, 3.05) is 11.9 Å². The van der Waals surface area contributed by atoms with Gasteiger partial charge in [0.05, 0.1) is 5.60 Å². The average molecular weight is 314 g/mol. The minimum absolute atomic E-state index is 0.0890. The maximum absolute atomic E-state index is 11.8. The Morgan fingerprint density at radius 3 is 2.43 bits per heavy atom. The fraction of sp³-hybridized carbons (Fsp3) is 0.786. The molecule has 6 nitrogen and oxygen atoms in total. The quantitative estimate of drug-likeness (QED) is 0.780. The molecule has 0 fully saturated rings. The van der Waals surface area contributed by atoms with Crippen LogP contribution in [0, 0.1) is 5.92 Å². The fourth-order valence-corrected chi connectivity index (χ4v) is 2.39. The summed E-state index contributed by atoms with van der Waals surface area (Å²) in [7, 11) is 0. The Morgan fingerprint density at radius 2 is 1.95 bits per heavy atom. The lowest BCUT2D eigenvalue weighted by atomic mass is 9.89. The number of carbonyl (C=O) groups is 1. The third-order valence-corrected chi connectivity index (χ3v) is 4.83. The summed E-state index contributed by atoms with van der Waals surface area (Å²) in [5.41, 5.74) is -1.02. The number of nitrogens with zero attached hydrogens (tertiary/aromatic N) is 2. The van der Waals surface area contributed by atoms with Crippen LogP contribution < -0.4 is 10.6 Å². The van der Waals surface area contributed by atoms with E-state index < -0.39 is 5.60 Å². The Morgan fingerprint density at radius 1 is 1.33 bits per heavy atom. The maximum atomic E-state index is 11.8. The van der Waals surface area contributed by atoms with Crippen LogP contribution in [0.15, 0.2) is 0 Å². The van der Waals surface area contributed by atoms with Crippen LogP contribution in [0.25, 0.3) is 0 Å². The van der Waals surface area contributed by atoms with Gasteiger partial charge in [-0.1, -0.05) is 52.4 Å². The molecule has 2 atom stereocenters. The largest absolute Gasteiger partial charge is 0.388 e. The van der Waals surface area contributed by atoms with Gasteiger partial charge >= 0.3 is 6.03 Å². The van der Waals surface area contributed by atoms with Crippen LogP contribution in [-0.4, -0.2) is 33.5 Å². The van der Waals surface area contributed by atoms with Gasteiger partial charge in [0.25, 0.3) is 0 Å². The van der Waals surface area contributed by atoms with Gasteiger partial charge in [0.15, 0.2) is 0 Å². The van der Waals surface area contributed by atoms with Crippen molar-refractivity contribution in [3.63, 3.8) is 0 Å². The van der Waals surface area contributed by atoms with Crippen LogP contribution >= 0.6 is 11.3 Å². The van der Waals surface area contributed by atoms with Gasteiger partial charge in [-0.05, 0) is 12.8 Å². The van der Waals surface area contributed by atoms with Crippen LogP contribution in [0.3, 0.4) is 0 Å². The van der Waals surface area contributed by atoms with Crippen molar-refractivity contribution in [2.45, 2.75) is 59.0 Å². The molecule has 2 unspecified atom stereocenters. The number of hydrogen-bond acceptors (Lipinski definition) is 5. The van der Waals surface area contributed by atoms with Gasteiger partial charge in [0, 0.05) is 12.0 Å². The van der Waals surface area contributed by atoms with E-state index in [2.05, 4.69) is 20.8 Å². The SMILES string of the molecule is CCC(C)C(C)(O)CNC(=O)Nc1nnc(C(C)(C)C)s1. The molecule has 2 amide bonds. The molecule has 7 heteroatoms. The normalized spacial score (nSPS) is 16.1. The average Bonchev–Trinajstić information content (AvgIpc) is 2.84. The Bertz CT molecular complexity index is 480. The molecule has 1 aromatic rings. The first-order valence-electron chi connectivity index (χ1n) is 7.17. The van der Waals surface area contributed by atoms with Crippen LogP contribution in [0.2, 0.25) is 0 Å². The summed E-state index contributed by atoms with van der Waals surface area (Å²) in [6.45, 7) is 12.0. The van der Waals surface area contributed by atoms with E-state index in [-0.39, 0.29) is 23.9 Å². The Hall–Kier alpha value is -1.21. The number of nitrogens with one attached hydrogen (secondary N) is 2. The molecule has 1 aromatic heterocycles. The molecule has 3 N–H and O–H groups in total. The van der Waals surface area contributed by atoms with Crippen molar-refractivity contribution in [3.05, 3.63) is 5.01 Å². The Labute approximate surface area is 130 Å². The summed E-state index contributed by atoms with van der Waals surface area (Å²) in [4.78, 5) is 11.8. The molecule has 0 aliphatic carbocycles. The molecule has 0 aliphatic heterocycles. The van der Waals surface area contributed by atoms with E-state index in [1.807, 2.05) is 34.6 Å². The summed E-state index contributed by atoms with van der Waals surface area (Å²) in [5, 5.41) is 24.9. The smallest absolute Gasteiger partial charge is 0.321 e. The summed E-state index contributed by atoms with van der Waals surface area (Å²) in [6, 6.07) is -0.379. The highest BCUT2D eigenvalue weighted by molar-refractivity contribution is 7.15. The van der Waals surface area contributed by atoms with E-state index in [0.29, 0.717) is 5.13 Å². The van der Waals surface area contributed by atoms with E-state index in [9.17, 15) is 9.90 Å². The summed E-state index contributed by atoms with van der Waals surface area (Å²) >= 11 is 1.36. The molecule has 0 saturated heterocycles. The first-order chi connectivity index (χ1) is 9.56. The van der Waals surface area contributed by atoms with Crippen molar-refractivity contribution < 1.29 is 9.90 Å². The van der Waals surface area contributed by atoms with Gasteiger partial charge in [-0.2, -0.15) is 0 Å². The predicted molar refractivity (Wildman–Crippen MR) is 85.7 cm³/mol. The van der Waals surface area contributed by atoms with Gasteiger partial charge in [0.2, 0.25) is 5.13 Å². The van der Waals surface area contributed by atoms with Gasteiger partial charge in [-0.25, -0.2) is 4.79 Å². The number of aliphatic hydroxyl groups is 1. The topological polar surface area (TPSA) is 87.1 Å². The van der Waals surface area contributed by atoms with E-state index in [0.717, 1.165) is 11.4 Å². The highest BCUT2D eigenvalue weighted by Crippen LogP contribution is 2.27. The maximum Gasteiger partial charge on any atom is 0.321 e. The van der Waals surface area contributed by atoms with Gasteiger partial charge in [-0.3, -0.25) is 5.32 Å². The minimum atomic E-state index is -0.927. The molecule has 0 aliphatic rings. The lowest BCUT2D eigenvalue weighted by Gasteiger charge is -2.29. The van der Waals surface area contributed by atoms with Crippen LogP contribution in [-0.2, 0) is 5.41 Å². The van der Waals surface area contributed by atoms with Crippen molar-refractivity contribution >= 4 is 22.5 Å². The second kappa shape index (κ2) is 6.70. The predicted octanol–water partition coefficient (Wildman–Crippen LogP) is 2.75. The molecule has 0 aromatic carbocycles. The second-order valence-electron chi connectivity index (χ2n) is 6.64. The van der Waals surface area contributed by atoms with E-state index in [4.69, 9.17) is 0 Å². The Kier molecular flexibility index (Phi) is 5.69. The molecule has 1 rings (SSSR count). The van der Waals surface area contributed by atoms with E-state index in [1.54, 1.807) is 6.92 Å². The van der Waals surface area contributed by atoms with Crippen LogP contribution in [0.1, 0.15) is 53.0 Å². The van der Waals surface area contributed by atoms with Gasteiger partial charge in [-0.15, -0.1) is 10.2 Å². The fourth-order valence-electron chi connectivity index (χ4n) is 1.59. The lowest BCUT2D eigenvalue weighted by Crippen LogP contribution is -2.46. The Balaban J connectivity index is 2.53. The number of hydrogen-bond donors (Lipinski definition) is 3. The molecule has 0 saturated carbocycles. The highest BCUT2D eigenvalue weighted by atomic mass is 32.1. The van der Waals surface area contributed by atoms with Crippen LogP contribution in [0.5, 0.6) is 0 Å². The highest BCUT2D eigenvalue weighted by Gasteiger charge is 2.27. The van der Waals surface area contributed by atoms with Crippen molar-refractivity contribution in [1.82, 2.24) is 15.5 Å². The summed E-state index contributed by atoms with van der Waals surface area (Å²) in [5.74, 6) is 0.104. The lowest BCUT2D eigenvalue weighted by molar-refractivity contribution is 0.00827. The third kappa shape index (κ3) is 5.24. The first-order valence-corrected chi connectivity index (χ1v) is 7.99. The van der Waals surface area contributed by atoms with Crippen molar-refractivity contribution in [2.24, 2.45) is 5.92 Å². The number of anilines is 1. The third-order valence-electron chi connectivity index (χ3n) is 3.57. The zero-order chi connectivity index (χ0) is 16.3. The van der Waals surface area contributed by atoms with E-state index >= 15 is 0 Å². The van der Waals surface area contributed by atoms with E-state index in [1.165, 1.54) is 11.3 Å². The number of carbonyl (C=O) groups excluding carboxylic acids is 1. The first kappa shape index (κ1) is 17.8. The standard InChI is InChI=1S/C14H26N4O2S/c1-7-9(2)14(6,20)8-15-11(19)16-12-18-17-10(21-12)13(3,4)5/h9,20H,7-8H2,1-6H3,(H2,15,16,18,19). The van der Waals surface area contributed by atoms with Gasteiger partial charge in [0.1, 0.15) is 5.01 Å². The summed E-state index contributed by atoms with van der Waals surface area (Å²) < 4.78 is 0. The van der Waals surface area contributed by atoms with Crippen molar-refractivity contribution in [3.8, 4) is 0 Å². The molecule has 120 valence electrons. The molecule has 21 heavy (non-hydrogen) atoms. The summed E-state index contributed by atoms with van der Waals surface area (Å²) in [6.07, 6.45) is 0.849. The molecule has 0 spiro atoms. The monoisotopic (exact) mass is 314 g/mol. The zero-order valence-corrected chi connectivity index (χ0v) is 14.5. The van der Waals surface area contributed by atoms with Crippen molar-refractivity contribution in [1.29, 1.82) is 0 Å². The number of urea groups is 1. The molecule has 0 radical (unpaired) electrons. The second-order valence-corrected chi connectivity index (χ2v) is 7.61. The molecule has 1 heterocycles. The number of rotatable bonds is 5.